The summed E-state index contributed by atoms with van der Waals surface area (Å²) in [6.07, 6.45) is 0.132. The normalized spacial score (nSPS) is 15.6. The third-order valence-electron chi connectivity index (χ3n) is 2.97. The molecule has 0 atom stereocenters. The number of anilines is 1. The summed E-state index contributed by atoms with van der Waals surface area (Å²) in [7, 11) is 0. The Balaban J connectivity index is 2.22. The average Bonchev–Trinajstić information content (AvgIpc) is 2.20. The van der Waals surface area contributed by atoms with Crippen LogP contribution >= 0.6 is 0 Å². The number of aromatic nitrogens is 2. The molecule has 5 nitrogen and oxygen atoms in total. The van der Waals surface area contributed by atoms with Crippen LogP contribution < -0.4 is 15.0 Å². The maximum Gasteiger partial charge on any atom is 0.229 e. The Morgan fingerprint density at radius 3 is 2.67 bits per heavy atom. The first-order valence-electron chi connectivity index (χ1n) is 6.60. The maximum absolute atomic E-state index is 5.67. The maximum atomic E-state index is 5.67. The standard InChI is InChI=1S/C13H22N4O/c1-5-17(11-7-14-8-11)13-15-10(4)6-12(16-13)18-9(2)3/h6,9,11,14H,5,7-8H2,1-4H3. The second-order valence-corrected chi connectivity index (χ2v) is 4.91. The lowest BCUT2D eigenvalue weighted by molar-refractivity contribution is 0.232. The Morgan fingerprint density at radius 2 is 2.17 bits per heavy atom. The van der Waals surface area contributed by atoms with Gasteiger partial charge < -0.3 is 15.0 Å². The average molecular weight is 250 g/mol. The second-order valence-electron chi connectivity index (χ2n) is 4.91. The van der Waals surface area contributed by atoms with Crippen LogP contribution in [0, 0.1) is 6.92 Å². The van der Waals surface area contributed by atoms with Crippen molar-refractivity contribution in [3.63, 3.8) is 0 Å². The predicted molar refractivity (Wildman–Crippen MR) is 72.2 cm³/mol. The van der Waals surface area contributed by atoms with E-state index in [2.05, 4.69) is 27.1 Å². The Labute approximate surface area is 109 Å². The minimum absolute atomic E-state index is 0.132. The Morgan fingerprint density at radius 1 is 1.44 bits per heavy atom. The molecule has 0 amide bonds. The monoisotopic (exact) mass is 250 g/mol. The van der Waals surface area contributed by atoms with E-state index in [0.29, 0.717) is 11.9 Å². The van der Waals surface area contributed by atoms with Crippen LogP contribution in [0.1, 0.15) is 26.5 Å². The van der Waals surface area contributed by atoms with Gasteiger partial charge in [-0.2, -0.15) is 4.98 Å². The van der Waals surface area contributed by atoms with Gasteiger partial charge >= 0.3 is 0 Å². The summed E-state index contributed by atoms with van der Waals surface area (Å²) >= 11 is 0. The van der Waals surface area contributed by atoms with Crippen LogP contribution in [-0.2, 0) is 0 Å². The van der Waals surface area contributed by atoms with Crippen molar-refractivity contribution in [1.29, 1.82) is 0 Å². The fraction of sp³-hybridized carbons (Fsp3) is 0.692. The number of hydrogen-bond donors (Lipinski definition) is 1. The molecule has 1 N–H and O–H groups in total. The number of nitrogens with zero attached hydrogens (tertiary/aromatic N) is 3. The van der Waals surface area contributed by atoms with Gasteiger partial charge in [0, 0.05) is 31.4 Å². The van der Waals surface area contributed by atoms with E-state index in [1.54, 1.807) is 0 Å². The molecule has 2 rings (SSSR count). The van der Waals surface area contributed by atoms with Crippen LogP contribution in [0.4, 0.5) is 5.95 Å². The van der Waals surface area contributed by atoms with Gasteiger partial charge in [-0.15, -0.1) is 0 Å². The fourth-order valence-corrected chi connectivity index (χ4v) is 2.01. The van der Waals surface area contributed by atoms with Crippen LogP contribution in [-0.4, -0.2) is 41.7 Å². The van der Waals surface area contributed by atoms with Crippen molar-refractivity contribution < 1.29 is 4.74 Å². The van der Waals surface area contributed by atoms with Gasteiger partial charge in [0.1, 0.15) is 0 Å². The number of nitrogens with one attached hydrogen (secondary N) is 1. The van der Waals surface area contributed by atoms with Gasteiger partial charge in [-0.05, 0) is 27.7 Å². The molecule has 0 spiro atoms. The highest BCUT2D eigenvalue weighted by molar-refractivity contribution is 5.36. The minimum atomic E-state index is 0.132. The van der Waals surface area contributed by atoms with E-state index < -0.39 is 0 Å². The molecule has 0 unspecified atom stereocenters. The zero-order chi connectivity index (χ0) is 13.1. The molecule has 5 heteroatoms. The lowest BCUT2D eigenvalue weighted by atomic mass is 10.1. The van der Waals surface area contributed by atoms with Crippen LogP contribution in [0.5, 0.6) is 5.88 Å². The van der Waals surface area contributed by atoms with Crippen LogP contribution in [0.2, 0.25) is 0 Å². The third kappa shape index (κ3) is 2.90. The number of likely N-dealkylation sites (N-methyl/N-ethyl adjacent to an activating group) is 1. The Hall–Kier alpha value is -1.36. The third-order valence-corrected chi connectivity index (χ3v) is 2.97. The number of aryl methyl sites for hydroxylation is 1. The molecule has 0 radical (unpaired) electrons. The lowest BCUT2D eigenvalue weighted by Crippen LogP contribution is -2.57. The fourth-order valence-electron chi connectivity index (χ4n) is 2.01. The van der Waals surface area contributed by atoms with Crippen molar-refractivity contribution in [3.05, 3.63) is 11.8 Å². The van der Waals surface area contributed by atoms with Gasteiger partial charge in [-0.1, -0.05) is 0 Å². The summed E-state index contributed by atoms with van der Waals surface area (Å²) in [6, 6.07) is 2.39. The van der Waals surface area contributed by atoms with E-state index >= 15 is 0 Å². The van der Waals surface area contributed by atoms with E-state index in [-0.39, 0.29) is 6.10 Å². The van der Waals surface area contributed by atoms with Gasteiger partial charge in [-0.25, -0.2) is 4.98 Å². The highest BCUT2D eigenvalue weighted by atomic mass is 16.5. The van der Waals surface area contributed by atoms with Gasteiger partial charge in [0.05, 0.1) is 12.1 Å². The molecule has 1 aromatic rings. The first-order valence-corrected chi connectivity index (χ1v) is 6.60. The van der Waals surface area contributed by atoms with Crippen molar-refractivity contribution in [2.75, 3.05) is 24.5 Å². The predicted octanol–water partition coefficient (Wildman–Crippen LogP) is 1.37. The Kier molecular flexibility index (Phi) is 4.01. The Bertz CT molecular complexity index is 404. The topological polar surface area (TPSA) is 50.3 Å². The van der Waals surface area contributed by atoms with Crippen molar-refractivity contribution in [2.45, 2.75) is 39.8 Å². The van der Waals surface area contributed by atoms with Gasteiger partial charge in [0.25, 0.3) is 0 Å². The number of rotatable bonds is 5. The van der Waals surface area contributed by atoms with E-state index in [1.807, 2.05) is 26.8 Å². The van der Waals surface area contributed by atoms with Gasteiger partial charge in [0.15, 0.2) is 0 Å². The molecule has 18 heavy (non-hydrogen) atoms. The van der Waals surface area contributed by atoms with E-state index in [9.17, 15) is 0 Å². The second kappa shape index (κ2) is 5.52. The molecule has 0 aliphatic carbocycles. The van der Waals surface area contributed by atoms with E-state index in [1.165, 1.54) is 0 Å². The molecule has 2 heterocycles. The summed E-state index contributed by atoms with van der Waals surface area (Å²) in [5.74, 6) is 1.44. The highest BCUT2D eigenvalue weighted by Gasteiger charge is 2.25. The quantitative estimate of drug-likeness (QED) is 0.855. The highest BCUT2D eigenvalue weighted by Crippen LogP contribution is 2.19. The molecule has 1 saturated heterocycles. The van der Waals surface area contributed by atoms with Crippen molar-refractivity contribution >= 4 is 5.95 Å². The molecular weight excluding hydrogens is 228 g/mol. The number of hydrogen-bond acceptors (Lipinski definition) is 5. The van der Waals surface area contributed by atoms with E-state index in [4.69, 9.17) is 4.74 Å². The van der Waals surface area contributed by atoms with Crippen LogP contribution in [0.25, 0.3) is 0 Å². The van der Waals surface area contributed by atoms with Crippen molar-refractivity contribution in [1.82, 2.24) is 15.3 Å². The molecule has 1 aromatic heterocycles. The molecule has 1 fully saturated rings. The van der Waals surface area contributed by atoms with Gasteiger partial charge in [-0.3, -0.25) is 0 Å². The van der Waals surface area contributed by atoms with Crippen LogP contribution in [0.15, 0.2) is 6.07 Å². The largest absolute Gasteiger partial charge is 0.475 e. The van der Waals surface area contributed by atoms with Crippen molar-refractivity contribution in [3.8, 4) is 5.88 Å². The number of ether oxygens (including phenoxy) is 1. The molecule has 100 valence electrons. The minimum Gasteiger partial charge on any atom is -0.475 e. The summed E-state index contributed by atoms with van der Waals surface area (Å²) < 4.78 is 5.67. The van der Waals surface area contributed by atoms with Gasteiger partial charge in [0.2, 0.25) is 11.8 Å². The molecular formula is C13H22N4O. The molecule has 1 aliphatic heterocycles. The van der Waals surface area contributed by atoms with Crippen molar-refractivity contribution in [2.24, 2.45) is 0 Å². The molecule has 1 aliphatic rings. The zero-order valence-electron chi connectivity index (χ0n) is 11.6. The first-order chi connectivity index (χ1) is 8.60. The first kappa shape index (κ1) is 13.1. The lowest BCUT2D eigenvalue weighted by Gasteiger charge is -2.37. The molecule has 0 aromatic carbocycles. The summed E-state index contributed by atoms with van der Waals surface area (Å²) in [5, 5.41) is 3.28. The molecule has 0 bridgehead atoms. The molecule has 0 saturated carbocycles. The summed E-state index contributed by atoms with van der Waals surface area (Å²) in [4.78, 5) is 11.3. The smallest absolute Gasteiger partial charge is 0.229 e. The zero-order valence-corrected chi connectivity index (χ0v) is 11.6. The SMILES string of the molecule is CCN(c1nc(C)cc(OC(C)C)n1)C1CNC1. The summed E-state index contributed by atoms with van der Waals surface area (Å²) in [5.41, 5.74) is 0.946. The van der Waals surface area contributed by atoms with Crippen LogP contribution in [0.3, 0.4) is 0 Å². The van der Waals surface area contributed by atoms with E-state index in [0.717, 1.165) is 31.3 Å². The summed E-state index contributed by atoms with van der Waals surface area (Å²) in [6.45, 7) is 11.0.